The molecule has 1 aliphatic rings. The third-order valence-electron chi connectivity index (χ3n) is 2.86. The summed E-state index contributed by atoms with van der Waals surface area (Å²) in [5, 5.41) is 4.45. The summed E-state index contributed by atoms with van der Waals surface area (Å²) in [6.45, 7) is 0. The predicted molar refractivity (Wildman–Crippen MR) is 71.6 cm³/mol. The fourth-order valence-electron chi connectivity index (χ4n) is 1.80. The van der Waals surface area contributed by atoms with E-state index in [0.29, 0.717) is 16.3 Å². The van der Waals surface area contributed by atoms with Crippen molar-refractivity contribution in [1.29, 1.82) is 0 Å². The van der Waals surface area contributed by atoms with Crippen LogP contribution >= 0.6 is 11.6 Å². The first kappa shape index (κ1) is 14.2. The Labute approximate surface area is 119 Å². The van der Waals surface area contributed by atoms with E-state index in [4.69, 9.17) is 17.4 Å². The number of hydrogen-bond donors (Lipinski definition) is 3. The molecule has 0 aromatic heterocycles. The maximum Gasteiger partial charge on any atom is 0.302 e. The van der Waals surface area contributed by atoms with Gasteiger partial charge >= 0.3 is 5.91 Å². The SMILES string of the molecule is NNC(=O)C(=O)C1CC(c2ccc(Cl)cc2)=NNC1=O. The van der Waals surface area contributed by atoms with Crippen molar-refractivity contribution in [2.24, 2.45) is 16.9 Å². The van der Waals surface area contributed by atoms with Gasteiger partial charge in [0.05, 0.1) is 5.71 Å². The monoisotopic (exact) mass is 294 g/mol. The first-order valence-electron chi connectivity index (χ1n) is 5.70. The van der Waals surface area contributed by atoms with E-state index in [1.165, 1.54) is 0 Å². The second-order valence-corrected chi connectivity index (χ2v) is 4.57. The molecule has 20 heavy (non-hydrogen) atoms. The van der Waals surface area contributed by atoms with E-state index < -0.39 is 23.5 Å². The van der Waals surface area contributed by atoms with Gasteiger partial charge in [0.1, 0.15) is 5.92 Å². The van der Waals surface area contributed by atoms with E-state index in [1.54, 1.807) is 29.7 Å². The standard InChI is InChI=1S/C12H11ClN4O3/c13-7-3-1-6(2-4-7)9-5-8(11(19)17-16-9)10(18)12(20)15-14/h1-4,8H,5,14H2,(H,15,20)(H,17,19). The lowest BCUT2D eigenvalue weighted by Crippen LogP contribution is -2.46. The van der Waals surface area contributed by atoms with Gasteiger partial charge in [-0.3, -0.25) is 19.8 Å². The minimum atomic E-state index is -1.14. The average Bonchev–Trinajstić information content (AvgIpc) is 2.47. The van der Waals surface area contributed by atoms with Crippen LogP contribution in [0.4, 0.5) is 0 Å². The third-order valence-corrected chi connectivity index (χ3v) is 3.12. The van der Waals surface area contributed by atoms with Crippen LogP contribution < -0.4 is 16.7 Å². The largest absolute Gasteiger partial charge is 0.302 e. The molecule has 104 valence electrons. The summed E-state index contributed by atoms with van der Waals surface area (Å²) in [6, 6.07) is 6.75. The van der Waals surface area contributed by atoms with Crippen molar-refractivity contribution < 1.29 is 14.4 Å². The quantitative estimate of drug-likeness (QED) is 0.234. The highest BCUT2D eigenvalue weighted by Crippen LogP contribution is 2.18. The number of nitrogens with one attached hydrogen (secondary N) is 2. The molecular formula is C12H11ClN4O3. The molecular weight excluding hydrogens is 284 g/mol. The molecule has 1 unspecified atom stereocenters. The van der Waals surface area contributed by atoms with E-state index >= 15 is 0 Å². The van der Waals surface area contributed by atoms with Gasteiger partial charge in [-0.25, -0.2) is 11.3 Å². The van der Waals surface area contributed by atoms with Gasteiger partial charge in [-0.05, 0) is 17.7 Å². The first-order valence-corrected chi connectivity index (χ1v) is 6.08. The van der Waals surface area contributed by atoms with Crippen LogP contribution in [0.1, 0.15) is 12.0 Å². The summed E-state index contributed by atoms with van der Waals surface area (Å²) in [6.07, 6.45) is 0.0275. The minimum absolute atomic E-state index is 0.0275. The summed E-state index contributed by atoms with van der Waals surface area (Å²) in [5.41, 5.74) is 5.15. The molecule has 0 bridgehead atoms. The van der Waals surface area contributed by atoms with Crippen molar-refractivity contribution in [3.63, 3.8) is 0 Å². The first-order chi connectivity index (χ1) is 9.52. The molecule has 1 aromatic carbocycles. The number of ketones is 1. The van der Waals surface area contributed by atoms with Gasteiger partial charge in [-0.2, -0.15) is 5.10 Å². The average molecular weight is 295 g/mol. The molecule has 0 saturated carbocycles. The zero-order valence-corrected chi connectivity index (χ0v) is 11.0. The molecule has 7 nitrogen and oxygen atoms in total. The molecule has 8 heteroatoms. The lowest BCUT2D eigenvalue weighted by molar-refractivity contribution is -0.144. The number of nitrogens with two attached hydrogens (primary N) is 1. The number of hydrogen-bond acceptors (Lipinski definition) is 5. The number of nitrogens with zero attached hydrogens (tertiary/aromatic N) is 1. The van der Waals surface area contributed by atoms with Crippen molar-refractivity contribution in [1.82, 2.24) is 10.9 Å². The number of amides is 2. The Kier molecular flexibility index (Phi) is 4.11. The Bertz CT molecular complexity index is 597. The van der Waals surface area contributed by atoms with E-state index in [0.717, 1.165) is 0 Å². The van der Waals surface area contributed by atoms with Crippen molar-refractivity contribution in [3.05, 3.63) is 34.9 Å². The van der Waals surface area contributed by atoms with Gasteiger partial charge in [-0.1, -0.05) is 23.7 Å². The Morgan fingerprint density at radius 2 is 2.00 bits per heavy atom. The van der Waals surface area contributed by atoms with Crippen molar-refractivity contribution >= 4 is 34.9 Å². The van der Waals surface area contributed by atoms with E-state index in [9.17, 15) is 14.4 Å². The molecule has 0 aliphatic carbocycles. The van der Waals surface area contributed by atoms with Gasteiger partial charge in [0.15, 0.2) is 0 Å². The second-order valence-electron chi connectivity index (χ2n) is 4.14. The molecule has 2 rings (SSSR count). The summed E-state index contributed by atoms with van der Waals surface area (Å²) in [4.78, 5) is 34.6. The molecule has 0 radical (unpaired) electrons. The molecule has 1 aromatic rings. The predicted octanol–water partition coefficient (Wildman–Crippen LogP) is -0.261. The summed E-state index contributed by atoms with van der Waals surface area (Å²) in [5.74, 6) is 1.22. The fourth-order valence-corrected chi connectivity index (χ4v) is 1.92. The second kappa shape index (κ2) is 5.81. The van der Waals surface area contributed by atoms with Crippen LogP contribution in [0.5, 0.6) is 0 Å². The molecule has 1 atom stereocenters. The highest BCUT2D eigenvalue weighted by atomic mass is 35.5. The number of carbonyl (C=O) groups is 3. The normalized spacial score (nSPS) is 18.0. The van der Waals surface area contributed by atoms with Crippen molar-refractivity contribution in [2.75, 3.05) is 0 Å². The zero-order valence-electron chi connectivity index (χ0n) is 10.2. The number of carbonyl (C=O) groups excluding carboxylic acids is 3. The van der Waals surface area contributed by atoms with Crippen LogP contribution in [-0.2, 0) is 14.4 Å². The van der Waals surface area contributed by atoms with Crippen LogP contribution in [0.2, 0.25) is 5.02 Å². The lowest BCUT2D eigenvalue weighted by atomic mass is 9.92. The molecule has 1 aliphatic heterocycles. The Morgan fingerprint density at radius 3 is 2.60 bits per heavy atom. The van der Waals surface area contributed by atoms with E-state index in [1.807, 2.05) is 0 Å². The van der Waals surface area contributed by atoms with E-state index in [2.05, 4.69) is 10.5 Å². The Morgan fingerprint density at radius 1 is 1.35 bits per heavy atom. The highest BCUT2D eigenvalue weighted by molar-refractivity contribution is 6.41. The topological polar surface area (TPSA) is 114 Å². The number of halogens is 1. The maximum absolute atomic E-state index is 11.7. The van der Waals surface area contributed by atoms with Crippen LogP contribution in [-0.4, -0.2) is 23.3 Å². The highest BCUT2D eigenvalue weighted by Gasteiger charge is 2.35. The molecule has 0 saturated heterocycles. The third kappa shape index (κ3) is 2.84. The molecule has 0 spiro atoms. The van der Waals surface area contributed by atoms with Crippen LogP contribution in [0.15, 0.2) is 29.4 Å². The Balaban J connectivity index is 2.22. The lowest BCUT2D eigenvalue weighted by Gasteiger charge is -2.19. The van der Waals surface area contributed by atoms with Crippen molar-refractivity contribution in [2.45, 2.75) is 6.42 Å². The van der Waals surface area contributed by atoms with Gasteiger partial charge in [-0.15, -0.1) is 0 Å². The number of Topliss-reactive ketones (excluding diaryl/α,β-unsaturated/α-hetero) is 1. The summed E-state index contributed by atoms with van der Waals surface area (Å²) < 4.78 is 0. The summed E-state index contributed by atoms with van der Waals surface area (Å²) in [7, 11) is 0. The van der Waals surface area contributed by atoms with Crippen LogP contribution in [0.3, 0.4) is 0 Å². The number of hydrazone groups is 1. The van der Waals surface area contributed by atoms with Gasteiger partial charge in [0.2, 0.25) is 5.78 Å². The zero-order chi connectivity index (χ0) is 14.7. The molecule has 2 amide bonds. The van der Waals surface area contributed by atoms with E-state index in [-0.39, 0.29) is 6.42 Å². The molecule has 1 heterocycles. The number of hydrazine groups is 1. The van der Waals surface area contributed by atoms with Crippen LogP contribution in [0, 0.1) is 5.92 Å². The van der Waals surface area contributed by atoms with Crippen LogP contribution in [0.25, 0.3) is 0 Å². The van der Waals surface area contributed by atoms with Crippen molar-refractivity contribution in [3.8, 4) is 0 Å². The number of benzene rings is 1. The molecule has 0 fully saturated rings. The summed E-state index contributed by atoms with van der Waals surface area (Å²) >= 11 is 5.78. The minimum Gasteiger partial charge on any atom is -0.288 e. The van der Waals surface area contributed by atoms with Gasteiger partial charge in [0.25, 0.3) is 5.91 Å². The fraction of sp³-hybridized carbons (Fsp3) is 0.167. The molecule has 4 N–H and O–H groups in total. The smallest absolute Gasteiger partial charge is 0.288 e. The maximum atomic E-state index is 11.7. The van der Waals surface area contributed by atoms with Gasteiger partial charge in [0, 0.05) is 11.4 Å². The van der Waals surface area contributed by atoms with Gasteiger partial charge < -0.3 is 0 Å². The number of rotatable bonds is 3. The Hall–Kier alpha value is -2.25.